The Balaban J connectivity index is 1.47. The maximum Gasteiger partial charge on any atom is 0.269 e. The highest BCUT2D eigenvalue weighted by molar-refractivity contribution is 5.55. The van der Waals surface area contributed by atoms with Crippen LogP contribution in [-0.4, -0.2) is 53.4 Å². The van der Waals surface area contributed by atoms with Crippen LogP contribution in [0.4, 0.5) is 11.4 Å². The van der Waals surface area contributed by atoms with Crippen LogP contribution in [0.1, 0.15) is 24.4 Å². The predicted octanol–water partition coefficient (Wildman–Crippen LogP) is 3.67. The summed E-state index contributed by atoms with van der Waals surface area (Å²) in [6.07, 6.45) is 0. The Morgan fingerprint density at radius 2 is 1.84 bits per heavy atom. The molecule has 9 nitrogen and oxygen atoms in total. The molecule has 1 atom stereocenters. The maximum atomic E-state index is 10.8. The molecule has 2 aromatic carbocycles. The Morgan fingerprint density at radius 3 is 2.55 bits per heavy atom. The number of nitro benzene ring substituents is 1. The van der Waals surface area contributed by atoms with E-state index in [0.717, 1.165) is 32.8 Å². The first kappa shape index (κ1) is 21.0. The van der Waals surface area contributed by atoms with Crippen LogP contribution >= 0.6 is 0 Å². The molecule has 2 heterocycles. The second-order valence-corrected chi connectivity index (χ2v) is 7.57. The minimum absolute atomic E-state index is 0.0236. The molecule has 0 radical (unpaired) electrons. The monoisotopic (exact) mass is 423 g/mol. The Labute approximate surface area is 180 Å². The third-order valence-electron chi connectivity index (χ3n) is 5.55. The zero-order valence-electron chi connectivity index (χ0n) is 17.6. The van der Waals surface area contributed by atoms with Gasteiger partial charge in [-0.1, -0.05) is 18.2 Å². The lowest BCUT2D eigenvalue weighted by atomic mass is 10.1. The molecule has 3 aromatic rings. The molecule has 0 aliphatic carbocycles. The summed E-state index contributed by atoms with van der Waals surface area (Å²) in [6.45, 7) is 6.01. The van der Waals surface area contributed by atoms with Gasteiger partial charge in [0.1, 0.15) is 0 Å². The summed E-state index contributed by atoms with van der Waals surface area (Å²) >= 11 is 0. The van der Waals surface area contributed by atoms with E-state index in [-0.39, 0.29) is 11.7 Å². The number of anilines is 1. The lowest BCUT2D eigenvalue weighted by Crippen LogP contribution is -2.37. The molecule has 4 rings (SSSR count). The summed E-state index contributed by atoms with van der Waals surface area (Å²) in [5.41, 5.74) is 3.13. The molecule has 162 valence electrons. The van der Waals surface area contributed by atoms with Gasteiger partial charge in [0.05, 0.1) is 24.2 Å². The quantitative estimate of drug-likeness (QED) is 0.419. The number of hydrogen-bond donors (Lipinski definition) is 0. The second-order valence-electron chi connectivity index (χ2n) is 7.57. The van der Waals surface area contributed by atoms with E-state index < -0.39 is 4.92 Å². The normalized spacial score (nSPS) is 15.3. The fourth-order valence-corrected chi connectivity index (χ4v) is 3.60. The first-order valence-electron chi connectivity index (χ1n) is 10.2. The third-order valence-corrected chi connectivity index (χ3v) is 5.55. The molecule has 0 bridgehead atoms. The largest absolute Gasteiger partial charge is 0.419 e. The molecule has 31 heavy (non-hydrogen) atoms. The molecule has 9 heteroatoms. The van der Waals surface area contributed by atoms with E-state index >= 15 is 0 Å². The van der Waals surface area contributed by atoms with Crippen LogP contribution in [0.2, 0.25) is 0 Å². The van der Waals surface area contributed by atoms with Gasteiger partial charge in [-0.15, -0.1) is 10.2 Å². The summed E-state index contributed by atoms with van der Waals surface area (Å²) in [5, 5.41) is 19.2. The minimum atomic E-state index is -0.436. The number of para-hydroxylation sites is 1. The van der Waals surface area contributed by atoms with E-state index in [4.69, 9.17) is 9.15 Å². The lowest BCUT2D eigenvalue weighted by molar-refractivity contribution is -0.384. The number of nitro groups is 1. The number of rotatable bonds is 7. The van der Waals surface area contributed by atoms with Crippen molar-refractivity contribution in [3.63, 3.8) is 0 Å². The molecule has 1 aromatic heterocycles. The van der Waals surface area contributed by atoms with Crippen LogP contribution in [0.5, 0.6) is 0 Å². The van der Waals surface area contributed by atoms with E-state index in [9.17, 15) is 10.1 Å². The Kier molecular flexibility index (Phi) is 6.24. The molecule has 0 amide bonds. The average molecular weight is 423 g/mol. The standard InChI is InChI=1S/C22H25N5O4/c1-16(21-23-24-22(31-21)17-7-9-19(10-8-17)27(28)29)25(2)15-18-5-3-4-6-20(18)26-11-13-30-14-12-26/h3-10,16H,11-15H2,1-2H3. The molecule has 0 spiro atoms. The molecular formula is C22H25N5O4. The molecule has 0 saturated carbocycles. The highest BCUT2D eigenvalue weighted by Gasteiger charge is 2.22. The first-order chi connectivity index (χ1) is 15.0. The first-order valence-corrected chi connectivity index (χ1v) is 10.2. The van der Waals surface area contributed by atoms with E-state index in [2.05, 4.69) is 44.3 Å². The minimum Gasteiger partial charge on any atom is -0.419 e. The van der Waals surface area contributed by atoms with Gasteiger partial charge >= 0.3 is 0 Å². The van der Waals surface area contributed by atoms with Crippen molar-refractivity contribution in [2.75, 3.05) is 38.3 Å². The number of morpholine rings is 1. The maximum absolute atomic E-state index is 10.8. The highest BCUT2D eigenvalue weighted by atomic mass is 16.6. The molecule has 1 aliphatic rings. The molecule has 0 N–H and O–H groups in total. The summed E-state index contributed by atoms with van der Waals surface area (Å²) in [7, 11) is 2.02. The number of aromatic nitrogens is 2. The Bertz CT molecular complexity index is 1030. The predicted molar refractivity (Wildman–Crippen MR) is 116 cm³/mol. The van der Waals surface area contributed by atoms with Crippen LogP contribution in [0.25, 0.3) is 11.5 Å². The van der Waals surface area contributed by atoms with E-state index in [0.29, 0.717) is 17.3 Å². The Morgan fingerprint density at radius 1 is 1.13 bits per heavy atom. The van der Waals surface area contributed by atoms with Gasteiger partial charge in [-0.3, -0.25) is 15.0 Å². The van der Waals surface area contributed by atoms with Gasteiger partial charge in [0.15, 0.2) is 0 Å². The van der Waals surface area contributed by atoms with E-state index in [1.54, 1.807) is 12.1 Å². The van der Waals surface area contributed by atoms with Gasteiger partial charge in [0.25, 0.3) is 5.69 Å². The van der Waals surface area contributed by atoms with Crippen molar-refractivity contribution in [1.82, 2.24) is 15.1 Å². The van der Waals surface area contributed by atoms with Gasteiger partial charge < -0.3 is 14.1 Å². The van der Waals surface area contributed by atoms with Crippen molar-refractivity contribution in [2.45, 2.75) is 19.5 Å². The summed E-state index contributed by atoms with van der Waals surface area (Å²) in [5.74, 6) is 0.846. The molecular weight excluding hydrogens is 398 g/mol. The SMILES string of the molecule is CC(c1nnc(-c2ccc([N+](=O)[O-])cc2)o1)N(C)Cc1ccccc1N1CCOCC1. The van der Waals surface area contributed by atoms with Crippen molar-refractivity contribution in [3.05, 3.63) is 70.1 Å². The lowest BCUT2D eigenvalue weighted by Gasteiger charge is -2.32. The topological polar surface area (TPSA) is 97.8 Å². The molecule has 1 aliphatic heterocycles. The van der Waals surface area contributed by atoms with Gasteiger partial charge in [0.2, 0.25) is 11.8 Å². The fourth-order valence-electron chi connectivity index (χ4n) is 3.60. The number of hydrogen-bond acceptors (Lipinski definition) is 8. The van der Waals surface area contributed by atoms with Crippen molar-refractivity contribution in [1.29, 1.82) is 0 Å². The van der Waals surface area contributed by atoms with Crippen molar-refractivity contribution >= 4 is 11.4 Å². The number of non-ortho nitro benzene ring substituents is 1. The highest BCUT2D eigenvalue weighted by Crippen LogP contribution is 2.28. The summed E-state index contributed by atoms with van der Waals surface area (Å²) in [6, 6.07) is 14.4. The smallest absolute Gasteiger partial charge is 0.269 e. The van der Waals surface area contributed by atoms with Gasteiger partial charge in [-0.25, -0.2) is 0 Å². The van der Waals surface area contributed by atoms with Crippen LogP contribution in [0, 0.1) is 10.1 Å². The van der Waals surface area contributed by atoms with Crippen LogP contribution in [0.3, 0.4) is 0 Å². The van der Waals surface area contributed by atoms with Crippen molar-refractivity contribution in [2.24, 2.45) is 0 Å². The van der Waals surface area contributed by atoms with Gasteiger partial charge in [-0.2, -0.15) is 0 Å². The summed E-state index contributed by atoms with van der Waals surface area (Å²) < 4.78 is 11.4. The van der Waals surface area contributed by atoms with Crippen LogP contribution in [0.15, 0.2) is 52.9 Å². The molecule has 1 unspecified atom stereocenters. The van der Waals surface area contributed by atoms with Crippen LogP contribution in [-0.2, 0) is 11.3 Å². The van der Waals surface area contributed by atoms with Crippen LogP contribution < -0.4 is 4.90 Å². The fraction of sp³-hybridized carbons (Fsp3) is 0.364. The number of nitrogens with zero attached hydrogens (tertiary/aromatic N) is 5. The number of benzene rings is 2. The average Bonchev–Trinajstić information content (AvgIpc) is 3.30. The zero-order valence-corrected chi connectivity index (χ0v) is 17.6. The van der Waals surface area contributed by atoms with Gasteiger partial charge in [-0.05, 0) is 37.7 Å². The molecule has 1 fully saturated rings. The molecule has 1 saturated heterocycles. The van der Waals surface area contributed by atoms with E-state index in [1.165, 1.54) is 23.4 Å². The second kappa shape index (κ2) is 9.23. The summed E-state index contributed by atoms with van der Waals surface area (Å²) in [4.78, 5) is 14.9. The third kappa shape index (κ3) is 4.73. The van der Waals surface area contributed by atoms with E-state index in [1.807, 2.05) is 14.0 Å². The number of ether oxygens (including phenoxy) is 1. The van der Waals surface area contributed by atoms with Crippen molar-refractivity contribution < 1.29 is 14.1 Å². The zero-order chi connectivity index (χ0) is 21.8. The van der Waals surface area contributed by atoms with Gasteiger partial charge in [0, 0.05) is 43.0 Å². The van der Waals surface area contributed by atoms with Crippen molar-refractivity contribution in [3.8, 4) is 11.5 Å². The Hall–Kier alpha value is -3.30.